The number of aromatic nitrogens is 2. The number of imidazole rings is 1. The van der Waals surface area contributed by atoms with Crippen molar-refractivity contribution in [2.45, 2.75) is 45.8 Å². The topological polar surface area (TPSA) is 73.4 Å². The molecule has 7 heteroatoms. The number of carbonyl (C=O) groups excluding carboxylic acids is 1. The van der Waals surface area contributed by atoms with Gasteiger partial charge in [0.1, 0.15) is 5.60 Å². The van der Waals surface area contributed by atoms with E-state index in [1.54, 1.807) is 11.9 Å². The van der Waals surface area contributed by atoms with Gasteiger partial charge in [-0.05, 0) is 52.3 Å². The summed E-state index contributed by atoms with van der Waals surface area (Å²) in [5, 5.41) is 0. The van der Waals surface area contributed by atoms with Crippen molar-refractivity contribution in [3.63, 3.8) is 0 Å². The Morgan fingerprint density at radius 3 is 2.75 bits per heavy atom. The molecule has 1 aromatic carbocycles. The second-order valence-electron chi connectivity index (χ2n) is 7.01. The molecule has 0 radical (unpaired) electrons. The van der Waals surface area contributed by atoms with Gasteiger partial charge in [0, 0.05) is 24.1 Å². The summed E-state index contributed by atoms with van der Waals surface area (Å²) in [6, 6.07) is 5.99. The number of rotatable bonds is 4. The first-order valence-electron chi connectivity index (χ1n) is 7.95. The van der Waals surface area contributed by atoms with E-state index in [1.807, 2.05) is 43.5 Å². The van der Waals surface area contributed by atoms with E-state index >= 15 is 0 Å². The number of hydrogen-bond acceptors (Lipinski definition) is 4. The van der Waals surface area contributed by atoms with Crippen molar-refractivity contribution in [1.29, 1.82) is 0 Å². The zero-order valence-corrected chi connectivity index (χ0v) is 16.4. The van der Waals surface area contributed by atoms with Crippen molar-refractivity contribution in [2.75, 3.05) is 19.3 Å². The van der Waals surface area contributed by atoms with E-state index in [9.17, 15) is 4.79 Å². The number of ether oxygens (including phenoxy) is 1. The van der Waals surface area contributed by atoms with Crippen LogP contribution in [0.4, 0.5) is 10.7 Å². The fourth-order valence-electron chi connectivity index (χ4n) is 2.49. The van der Waals surface area contributed by atoms with E-state index in [0.717, 1.165) is 21.9 Å². The number of hydrogen-bond donors (Lipinski definition) is 1. The Labute approximate surface area is 151 Å². The van der Waals surface area contributed by atoms with Gasteiger partial charge < -0.3 is 19.9 Å². The highest BCUT2D eigenvalue weighted by molar-refractivity contribution is 9.10. The first-order valence-corrected chi connectivity index (χ1v) is 8.75. The summed E-state index contributed by atoms with van der Waals surface area (Å²) in [5.74, 6) is 0.482. The van der Waals surface area contributed by atoms with Gasteiger partial charge in [0.15, 0.2) is 0 Å². The number of nitrogens with zero attached hydrogens (tertiary/aromatic N) is 3. The normalized spacial score (nSPS) is 13.1. The van der Waals surface area contributed by atoms with Gasteiger partial charge in [-0.25, -0.2) is 9.78 Å². The van der Waals surface area contributed by atoms with Gasteiger partial charge in [-0.1, -0.05) is 15.9 Å². The quantitative estimate of drug-likeness (QED) is 0.839. The number of nitrogen functional groups attached to an aromatic ring is 1. The first kappa shape index (κ1) is 18.6. The van der Waals surface area contributed by atoms with E-state index < -0.39 is 5.60 Å². The summed E-state index contributed by atoms with van der Waals surface area (Å²) in [4.78, 5) is 18.0. The molecule has 24 heavy (non-hydrogen) atoms. The van der Waals surface area contributed by atoms with Crippen LogP contribution in [0.1, 0.15) is 40.2 Å². The number of anilines is 1. The van der Waals surface area contributed by atoms with Crippen molar-refractivity contribution in [1.82, 2.24) is 14.5 Å². The van der Waals surface area contributed by atoms with Crippen molar-refractivity contribution >= 4 is 39.0 Å². The molecule has 0 saturated heterocycles. The predicted molar refractivity (Wildman–Crippen MR) is 100 cm³/mol. The highest BCUT2D eigenvalue weighted by Gasteiger charge is 2.21. The summed E-state index contributed by atoms with van der Waals surface area (Å²) < 4.78 is 8.35. The molecule has 0 saturated carbocycles. The van der Waals surface area contributed by atoms with Crippen LogP contribution in [0.15, 0.2) is 22.7 Å². The van der Waals surface area contributed by atoms with Gasteiger partial charge in [-0.15, -0.1) is 0 Å². The summed E-state index contributed by atoms with van der Waals surface area (Å²) >= 11 is 3.48. The van der Waals surface area contributed by atoms with Gasteiger partial charge in [0.2, 0.25) is 5.95 Å². The third kappa shape index (κ3) is 4.41. The number of nitrogens with two attached hydrogens (primary N) is 1. The zero-order chi connectivity index (χ0) is 18.1. The monoisotopic (exact) mass is 396 g/mol. The van der Waals surface area contributed by atoms with Crippen molar-refractivity contribution in [3.8, 4) is 0 Å². The number of halogens is 1. The summed E-state index contributed by atoms with van der Waals surface area (Å²) in [6.07, 6.45) is 0.429. The van der Waals surface area contributed by atoms with Gasteiger partial charge in [-0.2, -0.15) is 0 Å². The fraction of sp³-hybridized carbons (Fsp3) is 0.529. The van der Waals surface area contributed by atoms with Gasteiger partial charge in [-0.3, -0.25) is 0 Å². The van der Waals surface area contributed by atoms with Crippen molar-refractivity contribution < 1.29 is 9.53 Å². The molecular formula is C17H25BrN4O2. The molecule has 1 atom stereocenters. The lowest BCUT2D eigenvalue weighted by Gasteiger charge is -2.26. The lowest BCUT2D eigenvalue weighted by atomic mass is 10.2. The van der Waals surface area contributed by atoms with Crippen LogP contribution in [0.2, 0.25) is 0 Å². The molecule has 0 fully saturated rings. The van der Waals surface area contributed by atoms with Gasteiger partial charge in [0.25, 0.3) is 0 Å². The molecule has 0 bridgehead atoms. The molecule has 1 amide bonds. The maximum absolute atomic E-state index is 12.0. The Bertz CT molecular complexity index is 736. The number of amides is 1. The molecular weight excluding hydrogens is 372 g/mol. The lowest BCUT2D eigenvalue weighted by molar-refractivity contribution is 0.0292. The van der Waals surface area contributed by atoms with E-state index in [1.165, 1.54) is 0 Å². The minimum absolute atomic E-state index is 0.106. The van der Waals surface area contributed by atoms with Crippen LogP contribution in [-0.2, 0) is 4.74 Å². The minimum atomic E-state index is -0.492. The molecule has 0 spiro atoms. The van der Waals surface area contributed by atoms with Crippen LogP contribution >= 0.6 is 15.9 Å². The molecule has 1 unspecified atom stereocenters. The third-order valence-electron chi connectivity index (χ3n) is 3.71. The Balaban J connectivity index is 2.08. The maximum atomic E-state index is 12.0. The van der Waals surface area contributed by atoms with Crippen LogP contribution in [0.25, 0.3) is 11.0 Å². The molecule has 0 aliphatic heterocycles. The van der Waals surface area contributed by atoms with Gasteiger partial charge >= 0.3 is 6.09 Å². The molecule has 2 N–H and O–H groups in total. The van der Waals surface area contributed by atoms with Crippen LogP contribution in [-0.4, -0.2) is 39.7 Å². The number of carbonyl (C=O) groups is 1. The van der Waals surface area contributed by atoms with E-state index in [2.05, 4.69) is 27.8 Å². The molecule has 1 aromatic heterocycles. The average Bonchev–Trinajstić information content (AvgIpc) is 2.77. The Morgan fingerprint density at radius 2 is 2.12 bits per heavy atom. The number of benzene rings is 1. The second-order valence-corrected chi connectivity index (χ2v) is 7.93. The zero-order valence-electron chi connectivity index (χ0n) is 14.8. The molecule has 1 heterocycles. The van der Waals surface area contributed by atoms with Gasteiger partial charge in [0.05, 0.1) is 11.0 Å². The Kier molecular flexibility index (Phi) is 5.42. The molecule has 2 aromatic rings. The second kappa shape index (κ2) is 7.01. The van der Waals surface area contributed by atoms with E-state index in [0.29, 0.717) is 12.5 Å². The fourth-order valence-corrected chi connectivity index (χ4v) is 2.84. The highest BCUT2D eigenvalue weighted by atomic mass is 79.9. The predicted octanol–water partition coefficient (Wildman–Crippen LogP) is 4.20. The summed E-state index contributed by atoms with van der Waals surface area (Å²) in [5.41, 5.74) is 7.44. The Morgan fingerprint density at radius 1 is 1.46 bits per heavy atom. The molecule has 2 rings (SSSR count). The smallest absolute Gasteiger partial charge is 0.410 e. The van der Waals surface area contributed by atoms with Crippen LogP contribution in [0.3, 0.4) is 0 Å². The minimum Gasteiger partial charge on any atom is -0.444 e. The summed E-state index contributed by atoms with van der Waals surface area (Å²) in [6.45, 7) is 8.22. The van der Waals surface area contributed by atoms with Crippen molar-refractivity contribution in [2.24, 2.45) is 0 Å². The Hall–Kier alpha value is -1.76. The first-order chi connectivity index (χ1) is 11.1. The summed E-state index contributed by atoms with van der Waals surface area (Å²) in [7, 11) is 1.74. The van der Waals surface area contributed by atoms with E-state index in [4.69, 9.17) is 10.5 Å². The molecule has 6 nitrogen and oxygen atoms in total. The number of fused-ring (bicyclic) bond motifs is 1. The third-order valence-corrected chi connectivity index (χ3v) is 4.20. The van der Waals surface area contributed by atoms with Crippen LogP contribution < -0.4 is 5.73 Å². The molecule has 132 valence electrons. The standard InChI is InChI=1S/C17H25BrN4O2/c1-11(8-9-21(5)16(23)24-17(2,3)4)22-14-10-12(18)6-7-13(14)20-15(22)19/h6-7,10-11H,8-9H2,1-5H3,(H2,19,20). The SMILES string of the molecule is CC(CCN(C)C(=O)OC(C)(C)C)n1c(N)nc2ccc(Br)cc21. The van der Waals surface area contributed by atoms with Crippen molar-refractivity contribution in [3.05, 3.63) is 22.7 Å². The molecule has 0 aliphatic rings. The average molecular weight is 397 g/mol. The van der Waals surface area contributed by atoms with E-state index in [-0.39, 0.29) is 12.1 Å². The largest absolute Gasteiger partial charge is 0.444 e. The maximum Gasteiger partial charge on any atom is 0.410 e. The van der Waals surface area contributed by atoms with Crippen LogP contribution in [0, 0.1) is 0 Å². The lowest BCUT2D eigenvalue weighted by Crippen LogP contribution is -2.35. The van der Waals surface area contributed by atoms with Crippen LogP contribution in [0.5, 0.6) is 0 Å². The highest BCUT2D eigenvalue weighted by Crippen LogP contribution is 2.27. The molecule has 0 aliphatic carbocycles.